The van der Waals surface area contributed by atoms with Crippen molar-refractivity contribution in [1.82, 2.24) is 0 Å². The van der Waals surface area contributed by atoms with Gasteiger partial charge in [0.1, 0.15) is 0 Å². The minimum absolute atomic E-state index is 0.0970. The van der Waals surface area contributed by atoms with E-state index in [1.54, 1.807) is 7.11 Å². The second-order valence-corrected chi connectivity index (χ2v) is 7.32. The average molecular weight is 332 g/mol. The fourth-order valence-corrected chi connectivity index (χ4v) is 2.76. The van der Waals surface area contributed by atoms with Crippen molar-refractivity contribution in [3.8, 4) is 0 Å². The van der Waals surface area contributed by atoms with Crippen molar-refractivity contribution >= 4 is 5.71 Å². The normalized spacial score (nSPS) is 13.9. The Hall–Kier alpha value is -1.57. The minimum atomic E-state index is -0.0970. The molecule has 0 rings (SSSR count). The number of aliphatic imine (C=N–C) groups is 1. The molecule has 2 nitrogen and oxygen atoms in total. The number of hydrogen-bond acceptors (Lipinski definition) is 2. The van der Waals surface area contributed by atoms with Crippen LogP contribution in [0.1, 0.15) is 66.7 Å². The summed E-state index contributed by atoms with van der Waals surface area (Å²) in [4.78, 5) is 4.42. The number of nitrogens with zero attached hydrogens (tertiary/aromatic N) is 1. The first-order valence-corrected chi connectivity index (χ1v) is 8.87. The molecule has 0 aromatic rings. The van der Waals surface area contributed by atoms with E-state index in [0.717, 1.165) is 30.6 Å². The van der Waals surface area contributed by atoms with Crippen LogP contribution in [0.15, 0.2) is 52.8 Å². The van der Waals surface area contributed by atoms with Gasteiger partial charge in [0.2, 0.25) is 0 Å². The highest BCUT2D eigenvalue weighted by Gasteiger charge is 2.24. The molecule has 0 N–H and O–H groups in total. The SMILES string of the molecule is C=C(C)/C=C(\C/C(C)=C\C(CCCC)=N/C)CC(C)(C)C(=C)OC. The molecule has 0 unspecified atom stereocenters. The summed E-state index contributed by atoms with van der Waals surface area (Å²) in [5, 5.41) is 0. The van der Waals surface area contributed by atoms with Gasteiger partial charge in [0.25, 0.3) is 0 Å². The van der Waals surface area contributed by atoms with Gasteiger partial charge in [-0.1, -0.05) is 63.1 Å². The highest BCUT2D eigenvalue weighted by molar-refractivity contribution is 5.95. The standard InChI is InChI=1S/C22H37NO/c1-10-11-12-21(23-8)15-18(4)14-20(13-17(2)3)16-22(6,7)19(5)24-9/h13,15H,2,5,10-12,14,16H2,1,3-4,6-9H3/b18-15-,20-13+,23-21-. The van der Waals surface area contributed by atoms with E-state index < -0.39 is 0 Å². The molecule has 0 atom stereocenters. The van der Waals surface area contributed by atoms with E-state index in [4.69, 9.17) is 4.74 Å². The summed E-state index contributed by atoms with van der Waals surface area (Å²) in [7, 11) is 3.57. The van der Waals surface area contributed by atoms with Crippen LogP contribution in [0.3, 0.4) is 0 Å². The second-order valence-electron chi connectivity index (χ2n) is 7.32. The Morgan fingerprint density at radius 2 is 1.79 bits per heavy atom. The summed E-state index contributed by atoms with van der Waals surface area (Å²) >= 11 is 0. The summed E-state index contributed by atoms with van der Waals surface area (Å²) < 4.78 is 5.37. The van der Waals surface area contributed by atoms with Gasteiger partial charge >= 0.3 is 0 Å². The third kappa shape index (κ3) is 8.90. The summed E-state index contributed by atoms with van der Waals surface area (Å²) in [6.45, 7) is 18.9. The fourth-order valence-electron chi connectivity index (χ4n) is 2.76. The minimum Gasteiger partial charge on any atom is -0.501 e. The number of methoxy groups -OCH3 is 1. The van der Waals surface area contributed by atoms with E-state index in [1.807, 2.05) is 14.0 Å². The number of rotatable bonds is 11. The van der Waals surface area contributed by atoms with E-state index in [9.17, 15) is 0 Å². The molecular weight excluding hydrogens is 294 g/mol. The highest BCUT2D eigenvalue weighted by atomic mass is 16.5. The summed E-state index contributed by atoms with van der Waals surface area (Å²) in [5.41, 5.74) is 4.85. The van der Waals surface area contributed by atoms with E-state index in [2.05, 4.69) is 58.0 Å². The van der Waals surface area contributed by atoms with Crippen molar-refractivity contribution in [1.29, 1.82) is 0 Å². The Morgan fingerprint density at radius 3 is 2.25 bits per heavy atom. The molecule has 0 spiro atoms. The van der Waals surface area contributed by atoms with Gasteiger partial charge < -0.3 is 4.74 Å². The van der Waals surface area contributed by atoms with Crippen LogP contribution >= 0.6 is 0 Å². The van der Waals surface area contributed by atoms with E-state index >= 15 is 0 Å². The van der Waals surface area contributed by atoms with Gasteiger partial charge in [-0.25, -0.2) is 0 Å². The topological polar surface area (TPSA) is 21.6 Å². The Balaban J connectivity index is 5.23. The first kappa shape index (κ1) is 22.4. The summed E-state index contributed by atoms with van der Waals surface area (Å²) in [5.74, 6) is 0.815. The molecule has 0 aliphatic heterocycles. The van der Waals surface area contributed by atoms with Crippen LogP contribution in [0.4, 0.5) is 0 Å². The molecule has 0 aromatic heterocycles. The van der Waals surface area contributed by atoms with Crippen molar-refractivity contribution in [2.75, 3.05) is 14.2 Å². The summed E-state index contributed by atoms with van der Waals surface area (Å²) in [6, 6.07) is 0. The van der Waals surface area contributed by atoms with Crippen LogP contribution in [0.25, 0.3) is 0 Å². The third-order valence-electron chi connectivity index (χ3n) is 4.11. The molecule has 0 fully saturated rings. The average Bonchev–Trinajstić information content (AvgIpc) is 2.49. The lowest BCUT2D eigenvalue weighted by Gasteiger charge is -2.27. The van der Waals surface area contributed by atoms with Crippen molar-refractivity contribution in [2.24, 2.45) is 10.4 Å². The lowest BCUT2D eigenvalue weighted by molar-refractivity contribution is 0.195. The zero-order valence-electron chi connectivity index (χ0n) is 17.0. The Labute approximate surface area is 150 Å². The lowest BCUT2D eigenvalue weighted by Crippen LogP contribution is -2.16. The molecule has 0 saturated heterocycles. The predicted molar refractivity (Wildman–Crippen MR) is 109 cm³/mol. The van der Waals surface area contributed by atoms with Gasteiger partial charge in [-0.15, -0.1) is 0 Å². The van der Waals surface area contributed by atoms with Crippen molar-refractivity contribution in [2.45, 2.75) is 66.7 Å². The third-order valence-corrected chi connectivity index (χ3v) is 4.11. The van der Waals surface area contributed by atoms with Crippen molar-refractivity contribution in [3.63, 3.8) is 0 Å². The molecule has 0 aromatic carbocycles. The van der Waals surface area contributed by atoms with Crippen LogP contribution in [-0.2, 0) is 4.74 Å². The summed E-state index contributed by atoms with van der Waals surface area (Å²) in [6.07, 6.45) is 9.70. The molecule has 0 aliphatic carbocycles. The molecular formula is C22H37NO. The molecule has 0 aliphatic rings. The maximum absolute atomic E-state index is 5.37. The number of ether oxygens (including phenoxy) is 1. The first-order chi connectivity index (χ1) is 11.2. The van der Waals surface area contributed by atoms with Crippen LogP contribution in [-0.4, -0.2) is 19.9 Å². The smallest absolute Gasteiger partial charge is 0.0943 e. The van der Waals surface area contributed by atoms with Crippen LogP contribution in [0, 0.1) is 5.41 Å². The molecule has 0 heterocycles. The van der Waals surface area contributed by atoms with Crippen LogP contribution in [0.5, 0.6) is 0 Å². The van der Waals surface area contributed by atoms with Gasteiger partial charge in [0.15, 0.2) is 0 Å². The Bertz CT molecular complexity index is 518. The molecule has 0 amide bonds. The van der Waals surface area contributed by atoms with E-state index in [1.165, 1.54) is 29.7 Å². The largest absolute Gasteiger partial charge is 0.501 e. The zero-order chi connectivity index (χ0) is 18.8. The maximum Gasteiger partial charge on any atom is 0.0943 e. The van der Waals surface area contributed by atoms with Gasteiger partial charge in [-0.3, -0.25) is 4.99 Å². The Morgan fingerprint density at radius 1 is 1.17 bits per heavy atom. The number of hydrogen-bond donors (Lipinski definition) is 0. The zero-order valence-corrected chi connectivity index (χ0v) is 17.0. The van der Waals surface area contributed by atoms with Crippen molar-refractivity contribution in [3.05, 3.63) is 47.8 Å². The van der Waals surface area contributed by atoms with E-state index in [0.29, 0.717) is 0 Å². The van der Waals surface area contributed by atoms with Gasteiger partial charge in [-0.2, -0.15) is 0 Å². The van der Waals surface area contributed by atoms with Gasteiger partial charge in [0.05, 0.1) is 12.9 Å². The lowest BCUT2D eigenvalue weighted by atomic mass is 9.81. The quantitative estimate of drug-likeness (QED) is 0.235. The predicted octanol–water partition coefficient (Wildman–Crippen LogP) is 6.66. The van der Waals surface area contributed by atoms with Crippen LogP contribution in [0.2, 0.25) is 0 Å². The first-order valence-electron chi connectivity index (χ1n) is 8.87. The molecule has 0 bridgehead atoms. The fraction of sp³-hybridized carbons (Fsp3) is 0.591. The number of unbranched alkanes of at least 4 members (excludes halogenated alkanes) is 1. The molecule has 24 heavy (non-hydrogen) atoms. The maximum atomic E-state index is 5.37. The van der Waals surface area contributed by atoms with Gasteiger partial charge in [0, 0.05) is 18.2 Å². The highest BCUT2D eigenvalue weighted by Crippen LogP contribution is 2.35. The number of allylic oxidation sites excluding steroid dienone is 6. The second kappa shape index (κ2) is 11.1. The molecule has 0 radical (unpaired) electrons. The van der Waals surface area contributed by atoms with E-state index in [-0.39, 0.29) is 5.41 Å². The molecule has 0 saturated carbocycles. The van der Waals surface area contributed by atoms with Gasteiger partial charge in [-0.05, 0) is 45.6 Å². The van der Waals surface area contributed by atoms with Crippen molar-refractivity contribution < 1.29 is 4.74 Å². The Kier molecular flexibility index (Phi) is 10.3. The van der Waals surface area contributed by atoms with Crippen LogP contribution < -0.4 is 0 Å². The monoisotopic (exact) mass is 331 g/mol. The molecule has 2 heteroatoms. The molecule has 136 valence electrons.